The highest BCUT2D eigenvalue weighted by Gasteiger charge is 2.09. The van der Waals surface area contributed by atoms with Crippen molar-refractivity contribution in [2.24, 2.45) is 0 Å². The van der Waals surface area contributed by atoms with Crippen LogP contribution in [0.1, 0.15) is 90.4 Å². The molecule has 0 aromatic heterocycles. The van der Waals surface area contributed by atoms with Gasteiger partial charge in [0.1, 0.15) is 6.61 Å². The molecule has 0 aromatic carbocycles. The normalized spacial score (nSPS) is 11.8. The minimum atomic E-state index is -2.39. The summed E-state index contributed by atoms with van der Waals surface area (Å²) in [7, 11) is -2.39. The maximum absolute atomic E-state index is 10.2. The lowest BCUT2D eigenvalue weighted by atomic mass is 10.0. The molecule has 0 rings (SSSR count). The molecule has 1 unspecified atom stereocenters. The van der Waals surface area contributed by atoms with Gasteiger partial charge < -0.3 is 0 Å². The molecule has 0 aromatic rings. The van der Waals surface area contributed by atoms with Crippen LogP contribution in [0.2, 0.25) is 0 Å². The molecule has 0 heterocycles. The lowest BCUT2D eigenvalue weighted by Crippen LogP contribution is -1.87. The van der Waals surface area contributed by atoms with Crippen molar-refractivity contribution in [2.45, 2.75) is 90.4 Å². The predicted molar refractivity (Wildman–Crippen MR) is 81.5 cm³/mol. The summed E-state index contributed by atoms with van der Waals surface area (Å²) < 4.78 is 14.9. The van der Waals surface area contributed by atoms with Gasteiger partial charge in [0.05, 0.1) is 0 Å². The molecule has 0 aliphatic rings. The van der Waals surface area contributed by atoms with E-state index in [0.29, 0.717) is 6.61 Å². The van der Waals surface area contributed by atoms with Crippen molar-refractivity contribution in [1.29, 1.82) is 0 Å². The topological polar surface area (TPSA) is 46.5 Å². The van der Waals surface area contributed by atoms with E-state index in [4.69, 9.17) is 4.89 Å². The van der Waals surface area contributed by atoms with Crippen LogP contribution in [0.15, 0.2) is 0 Å². The molecule has 1 N–H and O–H groups in total. The summed E-state index contributed by atoms with van der Waals surface area (Å²) >= 11 is 0. The lowest BCUT2D eigenvalue weighted by Gasteiger charge is -2.02. The monoisotopic (exact) mass is 291 g/mol. The standard InChI is InChI=1S/C15H31O3P/c1-2-3-4-5-6-7-8-9-10-11-12-13-14-15-18-19(16)17/h2-15H2,1H3/p+1. The molecule has 1 atom stereocenters. The third kappa shape index (κ3) is 18.0. The average Bonchev–Trinajstić information content (AvgIpc) is 2.39. The third-order valence-corrected chi connectivity index (χ3v) is 3.85. The Kier molecular flexibility index (Phi) is 16.1. The Morgan fingerprint density at radius 1 is 0.737 bits per heavy atom. The highest BCUT2D eigenvalue weighted by Crippen LogP contribution is 2.16. The van der Waals surface area contributed by atoms with Crippen molar-refractivity contribution in [3.8, 4) is 0 Å². The van der Waals surface area contributed by atoms with Gasteiger partial charge in [0.25, 0.3) is 0 Å². The fraction of sp³-hybridized carbons (Fsp3) is 1.00. The summed E-state index contributed by atoms with van der Waals surface area (Å²) in [5.41, 5.74) is 0. The Labute approximate surface area is 120 Å². The summed E-state index contributed by atoms with van der Waals surface area (Å²) in [6.45, 7) is 2.68. The van der Waals surface area contributed by atoms with Gasteiger partial charge in [0, 0.05) is 4.57 Å². The van der Waals surface area contributed by atoms with Crippen molar-refractivity contribution in [3.05, 3.63) is 0 Å². The van der Waals surface area contributed by atoms with Gasteiger partial charge in [-0.05, 0) is 6.42 Å². The summed E-state index contributed by atoms with van der Waals surface area (Å²) in [5, 5.41) is 0. The third-order valence-electron chi connectivity index (χ3n) is 3.45. The highest BCUT2D eigenvalue weighted by atomic mass is 31.1. The smallest absolute Gasteiger partial charge is 0.133 e. The van der Waals surface area contributed by atoms with E-state index in [9.17, 15) is 4.57 Å². The van der Waals surface area contributed by atoms with Gasteiger partial charge in [-0.1, -0.05) is 84.0 Å². The van der Waals surface area contributed by atoms with Crippen LogP contribution in [0.5, 0.6) is 0 Å². The first-order valence-electron chi connectivity index (χ1n) is 8.06. The minimum Gasteiger partial charge on any atom is -0.133 e. The molecule has 3 nitrogen and oxygen atoms in total. The SMILES string of the molecule is CCCCCCCCCCCCCCCO[P+](=O)O. The number of hydrogen-bond donors (Lipinski definition) is 1. The number of unbranched alkanes of at least 4 members (excludes halogenated alkanes) is 12. The van der Waals surface area contributed by atoms with Gasteiger partial charge in [-0.25, -0.2) is 0 Å². The van der Waals surface area contributed by atoms with E-state index in [1.165, 1.54) is 70.6 Å². The van der Waals surface area contributed by atoms with Crippen LogP contribution in [0.3, 0.4) is 0 Å². The fourth-order valence-electron chi connectivity index (χ4n) is 2.26. The zero-order valence-electron chi connectivity index (χ0n) is 12.6. The first kappa shape index (κ1) is 19.0. The van der Waals surface area contributed by atoms with Crippen molar-refractivity contribution in [3.63, 3.8) is 0 Å². The lowest BCUT2D eigenvalue weighted by molar-refractivity contribution is 0.273. The fourth-order valence-corrected chi connectivity index (χ4v) is 2.55. The number of rotatable bonds is 15. The summed E-state index contributed by atoms with van der Waals surface area (Å²) in [4.78, 5) is 8.43. The molecule has 19 heavy (non-hydrogen) atoms. The van der Waals surface area contributed by atoms with Gasteiger partial charge in [-0.3, -0.25) is 0 Å². The predicted octanol–water partition coefficient (Wildman–Crippen LogP) is 5.74. The van der Waals surface area contributed by atoms with Crippen LogP contribution in [0.25, 0.3) is 0 Å². The van der Waals surface area contributed by atoms with E-state index in [1.54, 1.807) is 0 Å². The summed E-state index contributed by atoms with van der Waals surface area (Å²) in [6.07, 6.45) is 17.0. The molecule has 0 aliphatic heterocycles. The van der Waals surface area contributed by atoms with E-state index in [0.717, 1.165) is 12.8 Å². The van der Waals surface area contributed by atoms with Gasteiger partial charge in [0.2, 0.25) is 0 Å². The van der Waals surface area contributed by atoms with Gasteiger partial charge >= 0.3 is 8.25 Å². The molecule has 0 fully saturated rings. The van der Waals surface area contributed by atoms with Crippen LogP contribution >= 0.6 is 8.25 Å². The van der Waals surface area contributed by atoms with Crippen molar-refractivity contribution < 1.29 is 14.0 Å². The molecule has 0 aliphatic carbocycles. The Bertz CT molecular complexity index is 198. The molecule has 0 saturated carbocycles. The van der Waals surface area contributed by atoms with E-state index >= 15 is 0 Å². The Morgan fingerprint density at radius 3 is 1.47 bits per heavy atom. The second kappa shape index (κ2) is 16.1. The molecule has 0 spiro atoms. The first-order chi connectivity index (χ1) is 9.27. The van der Waals surface area contributed by atoms with E-state index < -0.39 is 8.25 Å². The number of hydrogen-bond acceptors (Lipinski definition) is 2. The second-order valence-electron chi connectivity index (χ2n) is 5.31. The minimum absolute atomic E-state index is 0.420. The highest BCUT2D eigenvalue weighted by molar-refractivity contribution is 7.32. The Balaban J connectivity index is 2.93. The summed E-state index contributed by atoms with van der Waals surface area (Å²) in [6, 6.07) is 0. The largest absolute Gasteiger partial charge is 0.694 e. The van der Waals surface area contributed by atoms with Crippen LogP contribution in [-0.4, -0.2) is 11.5 Å². The van der Waals surface area contributed by atoms with Crippen LogP contribution in [-0.2, 0) is 9.09 Å². The molecule has 0 bridgehead atoms. The molecular weight excluding hydrogens is 259 g/mol. The average molecular weight is 291 g/mol. The van der Waals surface area contributed by atoms with E-state index in [-0.39, 0.29) is 0 Å². The zero-order valence-corrected chi connectivity index (χ0v) is 13.5. The van der Waals surface area contributed by atoms with Crippen molar-refractivity contribution in [2.75, 3.05) is 6.61 Å². The van der Waals surface area contributed by atoms with E-state index in [2.05, 4.69) is 11.4 Å². The van der Waals surface area contributed by atoms with E-state index in [1.807, 2.05) is 0 Å². The van der Waals surface area contributed by atoms with Gasteiger partial charge in [-0.15, -0.1) is 9.42 Å². The maximum Gasteiger partial charge on any atom is 0.694 e. The van der Waals surface area contributed by atoms with Crippen molar-refractivity contribution >= 4 is 8.25 Å². The van der Waals surface area contributed by atoms with Crippen LogP contribution < -0.4 is 0 Å². The molecule has 4 heteroatoms. The molecule has 0 saturated heterocycles. The first-order valence-corrected chi connectivity index (χ1v) is 9.19. The Hall–Kier alpha value is 0.0200. The van der Waals surface area contributed by atoms with Crippen LogP contribution in [0, 0.1) is 0 Å². The van der Waals surface area contributed by atoms with Gasteiger partial charge in [-0.2, -0.15) is 0 Å². The van der Waals surface area contributed by atoms with Crippen LogP contribution in [0.4, 0.5) is 0 Å². The maximum atomic E-state index is 10.2. The quantitative estimate of drug-likeness (QED) is 0.309. The molecule has 0 radical (unpaired) electrons. The molecule has 0 amide bonds. The Morgan fingerprint density at radius 2 is 1.11 bits per heavy atom. The summed E-state index contributed by atoms with van der Waals surface area (Å²) in [5.74, 6) is 0. The molecular formula is C15H32O3P+. The zero-order chi connectivity index (χ0) is 14.2. The van der Waals surface area contributed by atoms with Gasteiger partial charge in [0.15, 0.2) is 0 Å². The molecule has 114 valence electrons. The van der Waals surface area contributed by atoms with Crippen molar-refractivity contribution in [1.82, 2.24) is 0 Å². The second-order valence-corrected chi connectivity index (χ2v) is 6.05.